The van der Waals surface area contributed by atoms with Crippen LogP contribution in [0.4, 0.5) is 0 Å². The average Bonchev–Trinajstić information content (AvgIpc) is 2.85. The molecule has 2 aliphatic heterocycles. The first kappa shape index (κ1) is 18.1. The minimum absolute atomic E-state index is 0. The van der Waals surface area contributed by atoms with Crippen LogP contribution in [0.2, 0.25) is 0 Å². The van der Waals surface area contributed by atoms with Crippen molar-refractivity contribution in [2.75, 3.05) is 32.8 Å². The number of nitrogens with zero attached hydrogens (tertiary/aromatic N) is 1. The first-order valence-electron chi connectivity index (χ1n) is 8.32. The number of amides is 1. The van der Waals surface area contributed by atoms with Gasteiger partial charge in [0.25, 0.3) is 5.91 Å². The number of carbonyl (C=O) groups excluding carboxylic acids is 1. The maximum atomic E-state index is 12.5. The van der Waals surface area contributed by atoms with Crippen LogP contribution >= 0.6 is 12.4 Å². The molecule has 2 heterocycles. The molecule has 2 fully saturated rings. The molecule has 5 heteroatoms. The highest BCUT2D eigenvalue weighted by molar-refractivity contribution is 5.85. The fourth-order valence-electron chi connectivity index (χ4n) is 3.72. The van der Waals surface area contributed by atoms with Gasteiger partial charge in [0, 0.05) is 13.1 Å². The van der Waals surface area contributed by atoms with Gasteiger partial charge in [0.15, 0.2) is 6.61 Å². The fraction of sp³-hybridized carbons (Fsp3) is 0.611. The molecule has 0 aromatic heterocycles. The molecule has 2 atom stereocenters. The number of carbonyl (C=O) groups is 1. The Kier molecular flexibility index (Phi) is 6.31. The van der Waals surface area contributed by atoms with E-state index in [0.29, 0.717) is 0 Å². The van der Waals surface area contributed by atoms with E-state index >= 15 is 0 Å². The number of likely N-dealkylation sites (tertiary alicyclic amines) is 1. The van der Waals surface area contributed by atoms with Gasteiger partial charge in [-0.15, -0.1) is 12.4 Å². The number of para-hydroxylation sites is 1. The minimum atomic E-state index is 0. The Morgan fingerprint density at radius 1 is 1.17 bits per heavy atom. The molecule has 128 valence electrons. The standard InChI is InChI=1S/C18H26N2O2.ClH/c1-13-4-3-5-14(2)18(13)22-12-17(21)20-8-6-15-10-19-11-16(15)7-9-20;/h3-5,15-16,19H,6-12H2,1-2H3;1H/t15-,16+;. The Labute approximate surface area is 145 Å². The number of fused-ring (bicyclic) bond motifs is 1. The van der Waals surface area contributed by atoms with Crippen LogP contribution in [0.1, 0.15) is 24.0 Å². The zero-order valence-electron chi connectivity index (χ0n) is 14.0. The molecular weight excluding hydrogens is 312 g/mol. The van der Waals surface area contributed by atoms with Crippen LogP contribution in [0.3, 0.4) is 0 Å². The van der Waals surface area contributed by atoms with Crippen LogP contribution in [0.5, 0.6) is 5.75 Å². The van der Waals surface area contributed by atoms with Crippen molar-refractivity contribution in [3.8, 4) is 5.75 Å². The summed E-state index contributed by atoms with van der Waals surface area (Å²) in [7, 11) is 0. The largest absolute Gasteiger partial charge is 0.483 e. The number of halogens is 1. The summed E-state index contributed by atoms with van der Waals surface area (Å²) in [5.74, 6) is 2.47. The van der Waals surface area contributed by atoms with Crippen LogP contribution in [0.15, 0.2) is 18.2 Å². The van der Waals surface area contributed by atoms with Crippen LogP contribution in [-0.4, -0.2) is 43.6 Å². The van der Waals surface area contributed by atoms with Crippen LogP contribution < -0.4 is 10.1 Å². The Morgan fingerprint density at radius 3 is 2.30 bits per heavy atom. The Bertz CT molecular complexity index is 516. The molecule has 0 radical (unpaired) electrons. The highest BCUT2D eigenvalue weighted by atomic mass is 35.5. The Balaban J connectivity index is 0.00000192. The van der Waals surface area contributed by atoms with Gasteiger partial charge in [-0.3, -0.25) is 4.79 Å². The van der Waals surface area contributed by atoms with Crippen molar-refractivity contribution >= 4 is 18.3 Å². The van der Waals surface area contributed by atoms with E-state index in [1.165, 1.54) is 0 Å². The van der Waals surface area contributed by atoms with Crippen molar-refractivity contribution in [3.63, 3.8) is 0 Å². The number of benzene rings is 1. The number of nitrogens with one attached hydrogen (secondary N) is 1. The summed E-state index contributed by atoms with van der Waals surface area (Å²) in [6, 6.07) is 6.06. The molecule has 1 aromatic rings. The maximum Gasteiger partial charge on any atom is 0.260 e. The van der Waals surface area contributed by atoms with E-state index in [9.17, 15) is 4.79 Å². The summed E-state index contributed by atoms with van der Waals surface area (Å²) in [5.41, 5.74) is 2.17. The average molecular weight is 339 g/mol. The molecule has 1 aromatic carbocycles. The summed E-state index contributed by atoms with van der Waals surface area (Å²) in [4.78, 5) is 14.4. The predicted octanol–water partition coefficient (Wildman–Crippen LogP) is 2.56. The van der Waals surface area contributed by atoms with E-state index in [1.807, 2.05) is 36.9 Å². The molecule has 4 nitrogen and oxygen atoms in total. The number of aryl methyl sites for hydroxylation is 2. The number of ether oxygens (including phenoxy) is 1. The van der Waals surface area contributed by atoms with E-state index in [-0.39, 0.29) is 24.9 Å². The van der Waals surface area contributed by atoms with Crippen molar-refractivity contribution in [1.82, 2.24) is 10.2 Å². The lowest BCUT2D eigenvalue weighted by atomic mass is 9.92. The molecule has 2 saturated heterocycles. The first-order chi connectivity index (χ1) is 10.6. The lowest BCUT2D eigenvalue weighted by Crippen LogP contribution is -2.36. The summed E-state index contributed by atoms with van der Waals surface area (Å²) in [6.45, 7) is 8.17. The van der Waals surface area contributed by atoms with Crippen molar-refractivity contribution in [3.05, 3.63) is 29.3 Å². The highest BCUT2D eigenvalue weighted by Gasteiger charge is 2.31. The normalized spacial score (nSPS) is 23.7. The van der Waals surface area contributed by atoms with Gasteiger partial charge >= 0.3 is 0 Å². The van der Waals surface area contributed by atoms with E-state index in [4.69, 9.17) is 4.74 Å². The summed E-state index contributed by atoms with van der Waals surface area (Å²) in [6.07, 6.45) is 2.24. The van der Waals surface area contributed by atoms with Gasteiger partial charge in [-0.25, -0.2) is 0 Å². The van der Waals surface area contributed by atoms with E-state index in [2.05, 4.69) is 5.32 Å². The van der Waals surface area contributed by atoms with Crippen LogP contribution in [0, 0.1) is 25.7 Å². The lowest BCUT2D eigenvalue weighted by molar-refractivity contribution is -0.133. The second-order valence-corrected chi connectivity index (χ2v) is 6.65. The van der Waals surface area contributed by atoms with Crippen molar-refractivity contribution in [1.29, 1.82) is 0 Å². The van der Waals surface area contributed by atoms with Gasteiger partial charge < -0.3 is 15.0 Å². The fourth-order valence-corrected chi connectivity index (χ4v) is 3.72. The molecule has 2 aliphatic rings. The molecule has 0 bridgehead atoms. The third-order valence-corrected chi connectivity index (χ3v) is 5.12. The highest BCUT2D eigenvalue weighted by Crippen LogP contribution is 2.27. The number of hydrogen-bond donors (Lipinski definition) is 1. The van der Waals surface area contributed by atoms with E-state index in [0.717, 1.165) is 67.7 Å². The molecule has 0 saturated carbocycles. The Morgan fingerprint density at radius 2 is 1.74 bits per heavy atom. The first-order valence-corrected chi connectivity index (χ1v) is 8.32. The quantitative estimate of drug-likeness (QED) is 0.921. The van der Waals surface area contributed by atoms with E-state index < -0.39 is 0 Å². The SMILES string of the molecule is Cc1cccc(C)c1OCC(=O)N1CC[C@@H]2CNC[C@@H]2CC1.Cl. The summed E-state index contributed by atoms with van der Waals surface area (Å²) < 4.78 is 5.81. The topological polar surface area (TPSA) is 41.6 Å². The molecular formula is C18H27ClN2O2. The van der Waals surface area contributed by atoms with Gasteiger partial charge in [-0.1, -0.05) is 18.2 Å². The molecule has 0 aliphatic carbocycles. The van der Waals surface area contributed by atoms with Gasteiger partial charge in [0.1, 0.15) is 5.75 Å². The molecule has 23 heavy (non-hydrogen) atoms. The van der Waals surface area contributed by atoms with Gasteiger partial charge in [-0.05, 0) is 62.7 Å². The maximum absolute atomic E-state index is 12.5. The number of hydrogen-bond acceptors (Lipinski definition) is 3. The minimum Gasteiger partial charge on any atom is -0.483 e. The molecule has 1 N–H and O–H groups in total. The summed E-state index contributed by atoms with van der Waals surface area (Å²) in [5, 5.41) is 3.47. The molecule has 1 amide bonds. The van der Waals surface area contributed by atoms with Crippen LogP contribution in [0.25, 0.3) is 0 Å². The lowest BCUT2D eigenvalue weighted by Gasteiger charge is -2.21. The number of rotatable bonds is 3. The summed E-state index contributed by atoms with van der Waals surface area (Å²) >= 11 is 0. The van der Waals surface area contributed by atoms with Crippen molar-refractivity contribution in [2.24, 2.45) is 11.8 Å². The van der Waals surface area contributed by atoms with Crippen molar-refractivity contribution < 1.29 is 9.53 Å². The zero-order chi connectivity index (χ0) is 15.5. The third-order valence-electron chi connectivity index (χ3n) is 5.12. The second kappa shape index (κ2) is 8.02. The molecule has 0 unspecified atom stereocenters. The van der Waals surface area contributed by atoms with E-state index in [1.54, 1.807) is 0 Å². The van der Waals surface area contributed by atoms with Crippen molar-refractivity contribution in [2.45, 2.75) is 26.7 Å². The monoisotopic (exact) mass is 338 g/mol. The van der Waals surface area contributed by atoms with Gasteiger partial charge in [-0.2, -0.15) is 0 Å². The van der Waals surface area contributed by atoms with Gasteiger partial charge in [0.05, 0.1) is 0 Å². The third kappa shape index (κ3) is 4.18. The van der Waals surface area contributed by atoms with Gasteiger partial charge in [0.2, 0.25) is 0 Å². The second-order valence-electron chi connectivity index (χ2n) is 6.65. The Hall–Kier alpha value is -1.26. The smallest absolute Gasteiger partial charge is 0.260 e. The molecule has 3 rings (SSSR count). The molecule has 0 spiro atoms. The van der Waals surface area contributed by atoms with Crippen LogP contribution in [-0.2, 0) is 4.79 Å². The zero-order valence-corrected chi connectivity index (χ0v) is 14.8. The predicted molar refractivity (Wildman–Crippen MR) is 94.3 cm³/mol.